The minimum Gasteiger partial charge on any atom is -0.307 e. The van der Waals surface area contributed by atoms with E-state index in [-0.39, 0.29) is 0 Å². The van der Waals surface area contributed by atoms with Crippen LogP contribution in [0.15, 0.2) is 12.4 Å². The molecule has 3 nitrogen and oxygen atoms in total. The Hall–Kier alpha value is -0.830. The van der Waals surface area contributed by atoms with Gasteiger partial charge >= 0.3 is 0 Å². The molecule has 0 bridgehead atoms. The Morgan fingerprint density at radius 2 is 2.33 bits per heavy atom. The third kappa shape index (κ3) is 2.59. The highest BCUT2D eigenvalue weighted by molar-refractivity contribution is 5.05. The number of nitrogens with one attached hydrogen (secondary N) is 1. The van der Waals surface area contributed by atoms with E-state index in [0.717, 1.165) is 19.5 Å². The summed E-state index contributed by atoms with van der Waals surface area (Å²) in [5.74, 6) is 0. The molecule has 2 rings (SSSR count). The molecule has 1 aliphatic rings. The Kier molecular flexibility index (Phi) is 3.10. The van der Waals surface area contributed by atoms with Crippen LogP contribution in [-0.2, 0) is 13.1 Å². The van der Waals surface area contributed by atoms with Crippen molar-refractivity contribution in [2.24, 2.45) is 0 Å². The lowest BCUT2D eigenvalue weighted by molar-refractivity contribution is 0.207. The maximum absolute atomic E-state index is 4.33. The summed E-state index contributed by atoms with van der Waals surface area (Å²) in [7, 11) is 0. The van der Waals surface area contributed by atoms with Crippen LogP contribution in [0.5, 0.6) is 0 Å². The second kappa shape index (κ2) is 4.35. The molecule has 0 radical (unpaired) electrons. The van der Waals surface area contributed by atoms with E-state index >= 15 is 0 Å². The van der Waals surface area contributed by atoms with Crippen molar-refractivity contribution in [3.63, 3.8) is 0 Å². The summed E-state index contributed by atoms with van der Waals surface area (Å²) >= 11 is 0. The van der Waals surface area contributed by atoms with E-state index in [0.29, 0.717) is 5.54 Å². The zero-order valence-electron chi connectivity index (χ0n) is 9.79. The molecule has 0 spiro atoms. The Morgan fingerprint density at radius 3 is 2.93 bits per heavy atom. The van der Waals surface area contributed by atoms with Crippen LogP contribution < -0.4 is 5.32 Å². The van der Waals surface area contributed by atoms with Gasteiger partial charge in [-0.3, -0.25) is 4.68 Å². The lowest BCUT2D eigenvalue weighted by Gasteiger charge is -2.39. The van der Waals surface area contributed by atoms with Gasteiger partial charge in [0.25, 0.3) is 0 Å². The largest absolute Gasteiger partial charge is 0.307 e. The Bertz CT molecular complexity index is 312. The van der Waals surface area contributed by atoms with Crippen molar-refractivity contribution in [3.05, 3.63) is 18.0 Å². The van der Waals surface area contributed by atoms with Crippen molar-refractivity contribution in [1.29, 1.82) is 0 Å². The second-order valence-corrected chi connectivity index (χ2v) is 4.88. The summed E-state index contributed by atoms with van der Waals surface area (Å²) in [4.78, 5) is 0. The number of aromatic nitrogens is 2. The highest BCUT2D eigenvalue weighted by Gasteiger charge is 2.30. The summed E-state index contributed by atoms with van der Waals surface area (Å²) in [6.45, 7) is 6.47. The number of nitrogens with zero attached hydrogens (tertiary/aromatic N) is 2. The van der Waals surface area contributed by atoms with Crippen LogP contribution in [0.1, 0.15) is 45.1 Å². The normalized spacial score (nSPS) is 18.8. The van der Waals surface area contributed by atoms with Gasteiger partial charge in [0.15, 0.2) is 0 Å². The highest BCUT2D eigenvalue weighted by atomic mass is 15.3. The predicted octanol–water partition coefficient (Wildman–Crippen LogP) is 2.33. The number of hydrogen-bond donors (Lipinski definition) is 1. The fourth-order valence-corrected chi connectivity index (χ4v) is 2.05. The first-order valence-electron chi connectivity index (χ1n) is 5.98. The van der Waals surface area contributed by atoms with Gasteiger partial charge in [-0.1, -0.05) is 6.92 Å². The average molecular weight is 207 g/mol. The molecule has 1 fully saturated rings. The average Bonchev–Trinajstić information content (AvgIpc) is 2.60. The van der Waals surface area contributed by atoms with E-state index < -0.39 is 0 Å². The minimum atomic E-state index is 0.396. The first-order valence-corrected chi connectivity index (χ1v) is 5.98. The maximum Gasteiger partial charge on any atom is 0.0534 e. The molecule has 0 aliphatic heterocycles. The highest BCUT2D eigenvalue weighted by Crippen LogP contribution is 2.31. The van der Waals surface area contributed by atoms with Gasteiger partial charge in [0.05, 0.1) is 6.20 Å². The number of rotatable bonds is 5. The second-order valence-electron chi connectivity index (χ2n) is 4.88. The fourth-order valence-electron chi connectivity index (χ4n) is 2.05. The molecule has 1 aromatic rings. The SMILES string of the molecule is CCCn1cc(CNC2(C)CCC2)cn1. The van der Waals surface area contributed by atoms with Crippen LogP contribution in [0.2, 0.25) is 0 Å². The first-order chi connectivity index (χ1) is 7.22. The van der Waals surface area contributed by atoms with Crippen LogP contribution in [-0.4, -0.2) is 15.3 Å². The number of hydrogen-bond acceptors (Lipinski definition) is 2. The van der Waals surface area contributed by atoms with Gasteiger partial charge in [0.2, 0.25) is 0 Å². The summed E-state index contributed by atoms with van der Waals surface area (Å²) in [6.07, 6.45) is 9.28. The molecule has 1 aliphatic carbocycles. The van der Waals surface area contributed by atoms with Crippen molar-refractivity contribution in [2.75, 3.05) is 0 Å². The van der Waals surface area contributed by atoms with Crippen molar-refractivity contribution in [2.45, 2.75) is 58.2 Å². The molecule has 15 heavy (non-hydrogen) atoms. The van der Waals surface area contributed by atoms with Crippen LogP contribution in [0.25, 0.3) is 0 Å². The van der Waals surface area contributed by atoms with Crippen molar-refractivity contribution in [1.82, 2.24) is 15.1 Å². The molecule has 84 valence electrons. The van der Waals surface area contributed by atoms with Gasteiger partial charge in [-0.25, -0.2) is 0 Å². The monoisotopic (exact) mass is 207 g/mol. The molecule has 0 saturated heterocycles. The number of aryl methyl sites for hydroxylation is 1. The molecular formula is C12H21N3. The maximum atomic E-state index is 4.33. The van der Waals surface area contributed by atoms with Crippen LogP contribution in [0, 0.1) is 0 Å². The lowest BCUT2D eigenvalue weighted by Crippen LogP contribution is -2.47. The fraction of sp³-hybridized carbons (Fsp3) is 0.750. The molecule has 1 aromatic heterocycles. The third-order valence-electron chi connectivity index (χ3n) is 3.32. The van der Waals surface area contributed by atoms with E-state index in [2.05, 4.69) is 30.5 Å². The third-order valence-corrected chi connectivity index (χ3v) is 3.32. The van der Waals surface area contributed by atoms with Crippen LogP contribution >= 0.6 is 0 Å². The van der Waals surface area contributed by atoms with Gasteiger partial charge in [0, 0.05) is 30.4 Å². The van der Waals surface area contributed by atoms with Crippen molar-refractivity contribution >= 4 is 0 Å². The summed E-state index contributed by atoms with van der Waals surface area (Å²) in [6, 6.07) is 0. The lowest BCUT2D eigenvalue weighted by atomic mass is 9.78. The zero-order valence-corrected chi connectivity index (χ0v) is 9.79. The van der Waals surface area contributed by atoms with Gasteiger partial charge in [-0.15, -0.1) is 0 Å². The van der Waals surface area contributed by atoms with E-state index in [1.807, 2.05) is 10.9 Å². The molecule has 0 atom stereocenters. The topological polar surface area (TPSA) is 29.9 Å². The minimum absolute atomic E-state index is 0.396. The van der Waals surface area contributed by atoms with Gasteiger partial charge in [-0.2, -0.15) is 5.10 Å². The Balaban J connectivity index is 1.82. The van der Waals surface area contributed by atoms with Gasteiger partial charge in [-0.05, 0) is 32.6 Å². The molecule has 0 unspecified atom stereocenters. The Labute approximate surface area is 91.9 Å². The molecule has 0 aromatic carbocycles. The molecular weight excluding hydrogens is 186 g/mol. The van der Waals surface area contributed by atoms with E-state index in [9.17, 15) is 0 Å². The zero-order chi connectivity index (χ0) is 10.7. The molecule has 1 saturated carbocycles. The van der Waals surface area contributed by atoms with E-state index in [1.54, 1.807) is 0 Å². The molecule has 3 heteroatoms. The molecule has 1 N–H and O–H groups in total. The van der Waals surface area contributed by atoms with Crippen molar-refractivity contribution in [3.8, 4) is 0 Å². The predicted molar refractivity (Wildman–Crippen MR) is 61.6 cm³/mol. The van der Waals surface area contributed by atoms with Gasteiger partial charge < -0.3 is 5.32 Å². The molecule has 1 heterocycles. The van der Waals surface area contributed by atoms with Crippen molar-refractivity contribution < 1.29 is 0 Å². The quantitative estimate of drug-likeness (QED) is 0.803. The Morgan fingerprint density at radius 1 is 1.53 bits per heavy atom. The van der Waals surface area contributed by atoms with E-state index in [1.165, 1.54) is 24.8 Å². The van der Waals surface area contributed by atoms with Gasteiger partial charge in [0.1, 0.15) is 0 Å². The van der Waals surface area contributed by atoms with Crippen LogP contribution in [0.4, 0.5) is 0 Å². The summed E-state index contributed by atoms with van der Waals surface area (Å²) in [5, 5.41) is 7.94. The van der Waals surface area contributed by atoms with E-state index in [4.69, 9.17) is 0 Å². The molecule has 0 amide bonds. The van der Waals surface area contributed by atoms with Crippen LogP contribution in [0.3, 0.4) is 0 Å². The smallest absolute Gasteiger partial charge is 0.0534 e. The standard InChI is InChI=1S/C12H21N3/c1-3-7-15-10-11(9-14-15)8-13-12(2)5-4-6-12/h9-10,13H,3-8H2,1-2H3. The first kappa shape index (κ1) is 10.7. The summed E-state index contributed by atoms with van der Waals surface area (Å²) < 4.78 is 2.03. The summed E-state index contributed by atoms with van der Waals surface area (Å²) in [5.41, 5.74) is 1.70.